The van der Waals surface area contributed by atoms with E-state index >= 15 is 0 Å². The van der Waals surface area contributed by atoms with E-state index in [2.05, 4.69) is 15.0 Å². The molecule has 8 nitrogen and oxygen atoms in total. The molecule has 0 spiro atoms. The van der Waals surface area contributed by atoms with Crippen LogP contribution in [0.1, 0.15) is 17.7 Å². The standard InChI is InChI=1S/C12H16N4O4/c1-5-8-11(15-6(2)14-5)16(4-13-8)12-10(19)9(18)7(3-17)20-12/h4,7,9-10,12,17-19H,3H2,1-2H3. The molecule has 8 heteroatoms. The van der Waals surface area contributed by atoms with Gasteiger partial charge in [0.25, 0.3) is 0 Å². The van der Waals surface area contributed by atoms with Crippen molar-refractivity contribution < 1.29 is 20.1 Å². The number of aryl methyl sites for hydroxylation is 2. The number of aromatic nitrogens is 4. The highest BCUT2D eigenvalue weighted by Crippen LogP contribution is 2.31. The van der Waals surface area contributed by atoms with Crippen LogP contribution < -0.4 is 0 Å². The van der Waals surface area contributed by atoms with Gasteiger partial charge >= 0.3 is 0 Å². The third-order valence-electron chi connectivity index (χ3n) is 3.50. The second-order valence-corrected chi connectivity index (χ2v) is 4.91. The Balaban J connectivity index is 2.07. The highest BCUT2D eigenvalue weighted by Gasteiger charge is 2.43. The molecule has 0 aliphatic carbocycles. The SMILES string of the molecule is Cc1nc(C)c2ncn(C3OC(CO)C(O)C3O)c2n1. The number of ether oxygens (including phenoxy) is 1. The summed E-state index contributed by atoms with van der Waals surface area (Å²) in [4.78, 5) is 12.7. The highest BCUT2D eigenvalue weighted by atomic mass is 16.6. The van der Waals surface area contributed by atoms with Crippen molar-refractivity contribution in [2.24, 2.45) is 0 Å². The Kier molecular flexibility index (Phi) is 3.17. The van der Waals surface area contributed by atoms with Crippen LogP contribution in [0.5, 0.6) is 0 Å². The third-order valence-corrected chi connectivity index (χ3v) is 3.50. The second-order valence-electron chi connectivity index (χ2n) is 4.91. The average molecular weight is 280 g/mol. The van der Waals surface area contributed by atoms with Gasteiger partial charge in [-0.15, -0.1) is 0 Å². The highest BCUT2D eigenvalue weighted by molar-refractivity contribution is 5.73. The fourth-order valence-corrected chi connectivity index (χ4v) is 2.49. The number of rotatable bonds is 2. The summed E-state index contributed by atoms with van der Waals surface area (Å²) in [5, 5.41) is 29.0. The molecule has 3 N–H and O–H groups in total. The van der Waals surface area contributed by atoms with Crippen LogP contribution in [-0.2, 0) is 4.74 Å². The lowest BCUT2D eigenvalue weighted by atomic mass is 10.1. The van der Waals surface area contributed by atoms with Gasteiger partial charge in [0.05, 0.1) is 18.6 Å². The lowest BCUT2D eigenvalue weighted by molar-refractivity contribution is -0.0511. The molecule has 0 radical (unpaired) electrons. The van der Waals surface area contributed by atoms with Crippen LogP contribution in [0.25, 0.3) is 11.2 Å². The van der Waals surface area contributed by atoms with E-state index in [4.69, 9.17) is 9.84 Å². The van der Waals surface area contributed by atoms with Gasteiger partial charge in [0, 0.05) is 0 Å². The summed E-state index contributed by atoms with van der Waals surface area (Å²) in [7, 11) is 0. The molecule has 0 saturated carbocycles. The fraction of sp³-hybridized carbons (Fsp3) is 0.583. The van der Waals surface area contributed by atoms with E-state index in [-0.39, 0.29) is 6.61 Å². The molecule has 1 fully saturated rings. The largest absolute Gasteiger partial charge is 0.394 e. The van der Waals surface area contributed by atoms with Crippen molar-refractivity contribution in [3.8, 4) is 0 Å². The zero-order chi connectivity index (χ0) is 14.4. The Labute approximate surface area is 114 Å². The molecule has 20 heavy (non-hydrogen) atoms. The molecule has 1 aliphatic rings. The molecule has 2 aromatic rings. The van der Waals surface area contributed by atoms with Crippen molar-refractivity contribution in [1.29, 1.82) is 0 Å². The molecule has 3 heterocycles. The minimum absolute atomic E-state index is 0.367. The summed E-state index contributed by atoms with van der Waals surface area (Å²) in [5.41, 5.74) is 1.89. The van der Waals surface area contributed by atoms with Gasteiger partial charge in [0.1, 0.15) is 29.7 Å². The van der Waals surface area contributed by atoms with Gasteiger partial charge in [-0.3, -0.25) is 4.57 Å². The predicted molar refractivity (Wildman–Crippen MR) is 67.8 cm³/mol. The van der Waals surface area contributed by atoms with Gasteiger partial charge in [0.15, 0.2) is 11.9 Å². The van der Waals surface area contributed by atoms with Gasteiger partial charge in [0.2, 0.25) is 0 Å². The lowest BCUT2D eigenvalue weighted by Gasteiger charge is -2.16. The van der Waals surface area contributed by atoms with E-state index in [0.717, 1.165) is 5.69 Å². The summed E-state index contributed by atoms with van der Waals surface area (Å²) in [6.45, 7) is 3.22. The molecule has 3 rings (SSSR count). The van der Waals surface area contributed by atoms with E-state index < -0.39 is 24.5 Å². The van der Waals surface area contributed by atoms with Crippen LogP contribution in [0.4, 0.5) is 0 Å². The molecule has 4 atom stereocenters. The minimum Gasteiger partial charge on any atom is -0.394 e. The van der Waals surface area contributed by atoms with E-state index in [1.54, 1.807) is 11.5 Å². The van der Waals surface area contributed by atoms with Crippen LogP contribution in [-0.4, -0.2) is 59.8 Å². The van der Waals surface area contributed by atoms with Gasteiger partial charge in [-0.25, -0.2) is 15.0 Å². The Morgan fingerprint density at radius 2 is 2.00 bits per heavy atom. The van der Waals surface area contributed by atoms with E-state index in [0.29, 0.717) is 17.0 Å². The van der Waals surface area contributed by atoms with Crippen molar-refractivity contribution >= 4 is 11.2 Å². The van der Waals surface area contributed by atoms with E-state index in [1.807, 2.05) is 6.92 Å². The van der Waals surface area contributed by atoms with Crippen molar-refractivity contribution in [3.63, 3.8) is 0 Å². The Hall–Kier alpha value is -1.61. The Morgan fingerprint density at radius 1 is 1.25 bits per heavy atom. The van der Waals surface area contributed by atoms with Crippen molar-refractivity contribution in [3.05, 3.63) is 17.8 Å². The van der Waals surface area contributed by atoms with Crippen LogP contribution in [0, 0.1) is 13.8 Å². The second kappa shape index (κ2) is 4.74. The van der Waals surface area contributed by atoms with Crippen molar-refractivity contribution in [1.82, 2.24) is 19.5 Å². The predicted octanol–water partition coefficient (Wildman–Crippen LogP) is -0.945. The summed E-state index contributed by atoms with van der Waals surface area (Å²) in [6, 6.07) is 0. The number of aliphatic hydroxyl groups excluding tert-OH is 3. The van der Waals surface area contributed by atoms with Gasteiger partial charge < -0.3 is 20.1 Å². The summed E-state index contributed by atoms with van der Waals surface area (Å²) < 4.78 is 7.04. The molecule has 108 valence electrons. The van der Waals surface area contributed by atoms with Gasteiger partial charge in [-0.2, -0.15) is 0 Å². The molecule has 4 unspecified atom stereocenters. The molecule has 0 amide bonds. The number of fused-ring (bicyclic) bond motifs is 1. The van der Waals surface area contributed by atoms with Crippen LogP contribution in [0.2, 0.25) is 0 Å². The van der Waals surface area contributed by atoms with Gasteiger partial charge in [-0.05, 0) is 13.8 Å². The number of imidazole rings is 1. The van der Waals surface area contributed by atoms with E-state index in [1.165, 1.54) is 6.33 Å². The summed E-state index contributed by atoms with van der Waals surface area (Å²) >= 11 is 0. The first-order chi connectivity index (χ1) is 9.52. The topological polar surface area (TPSA) is 114 Å². The number of hydrogen-bond donors (Lipinski definition) is 3. The van der Waals surface area contributed by atoms with Crippen molar-refractivity contribution in [2.45, 2.75) is 38.4 Å². The maximum absolute atomic E-state index is 10.1. The first kappa shape index (κ1) is 13.4. The third kappa shape index (κ3) is 1.88. The quantitative estimate of drug-likeness (QED) is 0.650. The lowest BCUT2D eigenvalue weighted by Crippen LogP contribution is -2.33. The Morgan fingerprint density at radius 3 is 2.65 bits per heavy atom. The Bertz CT molecular complexity index is 644. The fourth-order valence-electron chi connectivity index (χ4n) is 2.49. The van der Waals surface area contributed by atoms with Crippen LogP contribution in [0.15, 0.2) is 6.33 Å². The molecule has 0 bridgehead atoms. The number of hydrogen-bond acceptors (Lipinski definition) is 7. The smallest absolute Gasteiger partial charge is 0.166 e. The monoisotopic (exact) mass is 280 g/mol. The normalized spacial score (nSPS) is 30.2. The number of nitrogens with zero attached hydrogens (tertiary/aromatic N) is 4. The maximum atomic E-state index is 10.1. The summed E-state index contributed by atoms with van der Waals surface area (Å²) in [6.07, 6.45) is -2.46. The zero-order valence-electron chi connectivity index (χ0n) is 11.1. The minimum atomic E-state index is -1.15. The zero-order valence-corrected chi connectivity index (χ0v) is 11.1. The van der Waals surface area contributed by atoms with Crippen molar-refractivity contribution in [2.75, 3.05) is 6.61 Å². The number of aliphatic hydroxyl groups is 3. The summed E-state index contributed by atoms with van der Waals surface area (Å²) in [5.74, 6) is 0.587. The van der Waals surface area contributed by atoms with Gasteiger partial charge in [-0.1, -0.05) is 0 Å². The first-order valence-electron chi connectivity index (χ1n) is 6.33. The van der Waals surface area contributed by atoms with Crippen LogP contribution in [0.3, 0.4) is 0 Å². The molecule has 2 aromatic heterocycles. The average Bonchev–Trinajstić information content (AvgIpc) is 2.93. The maximum Gasteiger partial charge on any atom is 0.166 e. The molecular weight excluding hydrogens is 264 g/mol. The molecular formula is C12H16N4O4. The molecule has 1 aliphatic heterocycles. The first-order valence-corrected chi connectivity index (χ1v) is 6.33. The van der Waals surface area contributed by atoms with E-state index in [9.17, 15) is 10.2 Å². The molecule has 1 saturated heterocycles. The molecule has 0 aromatic carbocycles. The van der Waals surface area contributed by atoms with Crippen LogP contribution >= 0.6 is 0 Å².